The molecule has 0 spiro atoms. The molecule has 25 heavy (non-hydrogen) atoms. The molecular formula is C17H22N4O2S2. The summed E-state index contributed by atoms with van der Waals surface area (Å²) in [5, 5.41) is 11.9. The highest BCUT2D eigenvalue weighted by atomic mass is 32.1. The zero-order valence-electron chi connectivity index (χ0n) is 14.4. The Balaban J connectivity index is 1.72. The third-order valence-corrected chi connectivity index (χ3v) is 5.78. The molecule has 134 valence electrons. The van der Waals surface area contributed by atoms with E-state index in [1.165, 1.54) is 12.0 Å². The number of methoxy groups -OCH3 is 1. The van der Waals surface area contributed by atoms with Crippen LogP contribution in [0, 0.1) is 0 Å². The number of carbonyl (C=O) groups excluding carboxylic acids is 1. The summed E-state index contributed by atoms with van der Waals surface area (Å²) >= 11 is 7.02. The summed E-state index contributed by atoms with van der Waals surface area (Å²) in [6.45, 7) is 3.44. The van der Waals surface area contributed by atoms with Crippen molar-refractivity contribution < 1.29 is 9.53 Å². The molecule has 2 aromatic rings. The monoisotopic (exact) mass is 378 g/mol. The van der Waals surface area contributed by atoms with Gasteiger partial charge in [0.2, 0.25) is 0 Å². The Hall–Kier alpha value is -1.93. The quantitative estimate of drug-likeness (QED) is 0.615. The van der Waals surface area contributed by atoms with E-state index in [0.717, 1.165) is 48.5 Å². The maximum absolute atomic E-state index is 12.2. The van der Waals surface area contributed by atoms with E-state index in [2.05, 4.69) is 15.7 Å². The highest BCUT2D eigenvalue weighted by molar-refractivity contribution is 7.80. The first kappa shape index (κ1) is 17.9. The molecule has 0 atom stereocenters. The largest absolute Gasteiger partial charge is 0.465 e. The van der Waals surface area contributed by atoms with E-state index >= 15 is 0 Å². The van der Waals surface area contributed by atoms with E-state index in [4.69, 9.17) is 17.0 Å². The smallest absolute Gasteiger partial charge is 0.341 e. The van der Waals surface area contributed by atoms with Gasteiger partial charge >= 0.3 is 5.97 Å². The van der Waals surface area contributed by atoms with Crippen molar-refractivity contribution in [3.63, 3.8) is 0 Å². The van der Waals surface area contributed by atoms with Gasteiger partial charge in [0.1, 0.15) is 5.00 Å². The second-order valence-corrected chi connectivity index (χ2v) is 7.37. The Morgan fingerprint density at radius 3 is 3.00 bits per heavy atom. The number of rotatable bonds is 5. The van der Waals surface area contributed by atoms with Crippen LogP contribution in [0.15, 0.2) is 12.3 Å². The zero-order chi connectivity index (χ0) is 17.8. The molecule has 0 unspecified atom stereocenters. The first-order chi connectivity index (χ1) is 12.1. The molecule has 6 nitrogen and oxygen atoms in total. The van der Waals surface area contributed by atoms with Gasteiger partial charge in [0.25, 0.3) is 0 Å². The van der Waals surface area contributed by atoms with Gasteiger partial charge in [0, 0.05) is 17.6 Å². The van der Waals surface area contributed by atoms with Gasteiger partial charge in [0.05, 0.1) is 24.9 Å². The Bertz CT molecular complexity index is 782. The summed E-state index contributed by atoms with van der Waals surface area (Å²) in [6, 6.07) is 1.96. The van der Waals surface area contributed by atoms with Crippen LogP contribution in [0.4, 0.5) is 5.00 Å². The number of hydrogen-bond acceptors (Lipinski definition) is 5. The van der Waals surface area contributed by atoms with Gasteiger partial charge in [-0.15, -0.1) is 11.3 Å². The Morgan fingerprint density at radius 2 is 2.24 bits per heavy atom. The third-order valence-electron chi connectivity index (χ3n) is 4.32. The lowest BCUT2D eigenvalue weighted by Gasteiger charge is -2.13. The molecule has 0 bridgehead atoms. The number of thiophene rings is 1. The standard InChI is InChI=1S/C17H22N4O2S2/c1-3-21-11(8-9-19-21)10-18-17(24)20-15-14(16(22)23-2)12-6-4-5-7-13(12)25-15/h8-9H,3-7,10H2,1-2H3,(H2,18,20,24). The second kappa shape index (κ2) is 7.97. The fraction of sp³-hybridized carbons (Fsp3) is 0.471. The van der Waals surface area contributed by atoms with Crippen LogP contribution in [0.1, 0.15) is 46.3 Å². The molecule has 2 heterocycles. The molecule has 0 saturated heterocycles. The average molecular weight is 379 g/mol. The number of thiocarbonyl (C=S) groups is 1. The number of carbonyl (C=O) groups is 1. The number of aryl methyl sites for hydroxylation is 2. The van der Waals surface area contributed by atoms with Crippen LogP contribution in [0.3, 0.4) is 0 Å². The summed E-state index contributed by atoms with van der Waals surface area (Å²) in [5.41, 5.74) is 2.83. The van der Waals surface area contributed by atoms with Gasteiger partial charge in [-0.25, -0.2) is 4.79 Å². The van der Waals surface area contributed by atoms with Crippen LogP contribution in [-0.4, -0.2) is 28.0 Å². The topological polar surface area (TPSA) is 68.2 Å². The summed E-state index contributed by atoms with van der Waals surface area (Å²) in [6.07, 6.45) is 5.99. The molecule has 0 radical (unpaired) electrons. The zero-order valence-corrected chi connectivity index (χ0v) is 16.1. The first-order valence-corrected chi connectivity index (χ1v) is 9.64. The molecule has 2 N–H and O–H groups in total. The number of ether oxygens (including phenoxy) is 1. The number of anilines is 1. The van der Waals surface area contributed by atoms with E-state index in [1.807, 2.05) is 17.7 Å². The summed E-state index contributed by atoms with van der Waals surface area (Å²) in [5.74, 6) is -0.297. The van der Waals surface area contributed by atoms with Crippen molar-refractivity contribution in [3.05, 3.63) is 34.0 Å². The Morgan fingerprint density at radius 1 is 1.44 bits per heavy atom. The predicted molar refractivity (Wildman–Crippen MR) is 103 cm³/mol. The van der Waals surface area contributed by atoms with Crippen molar-refractivity contribution in [1.82, 2.24) is 15.1 Å². The molecule has 0 aliphatic heterocycles. The molecule has 0 saturated carbocycles. The summed E-state index contributed by atoms with van der Waals surface area (Å²) < 4.78 is 6.90. The summed E-state index contributed by atoms with van der Waals surface area (Å²) in [4.78, 5) is 13.5. The molecule has 2 aromatic heterocycles. The van der Waals surface area contributed by atoms with Crippen LogP contribution < -0.4 is 10.6 Å². The lowest BCUT2D eigenvalue weighted by Crippen LogP contribution is -2.29. The van der Waals surface area contributed by atoms with Crippen molar-refractivity contribution in [1.29, 1.82) is 0 Å². The lowest BCUT2D eigenvalue weighted by molar-refractivity contribution is 0.0601. The van der Waals surface area contributed by atoms with E-state index in [1.54, 1.807) is 17.5 Å². The molecule has 0 amide bonds. The van der Waals surface area contributed by atoms with Crippen LogP contribution in [-0.2, 0) is 30.7 Å². The van der Waals surface area contributed by atoms with Crippen molar-refractivity contribution in [3.8, 4) is 0 Å². The van der Waals surface area contributed by atoms with Gasteiger partial charge in [-0.3, -0.25) is 4.68 Å². The Kier molecular flexibility index (Phi) is 5.70. The van der Waals surface area contributed by atoms with Crippen molar-refractivity contribution in [2.45, 2.75) is 45.7 Å². The minimum atomic E-state index is -0.297. The SMILES string of the molecule is CCn1nccc1CNC(=S)Nc1sc2c(c1C(=O)OC)CCCC2. The second-order valence-electron chi connectivity index (χ2n) is 5.85. The molecule has 8 heteroatoms. The fourth-order valence-corrected chi connectivity index (χ4v) is 4.61. The maximum Gasteiger partial charge on any atom is 0.341 e. The molecule has 0 fully saturated rings. The van der Waals surface area contributed by atoms with E-state index in [0.29, 0.717) is 17.2 Å². The van der Waals surface area contributed by atoms with Crippen molar-refractivity contribution in [2.24, 2.45) is 0 Å². The third kappa shape index (κ3) is 3.85. The van der Waals surface area contributed by atoms with Crippen molar-refractivity contribution in [2.75, 3.05) is 12.4 Å². The van der Waals surface area contributed by atoms with Crippen LogP contribution in [0.25, 0.3) is 0 Å². The maximum atomic E-state index is 12.2. The van der Waals surface area contributed by atoms with Gasteiger partial charge in [-0.05, 0) is 56.5 Å². The molecule has 1 aliphatic rings. The highest BCUT2D eigenvalue weighted by Gasteiger charge is 2.26. The van der Waals surface area contributed by atoms with Gasteiger partial charge in [-0.2, -0.15) is 5.10 Å². The van der Waals surface area contributed by atoms with Crippen molar-refractivity contribution >= 4 is 39.6 Å². The molecule has 3 rings (SSSR count). The van der Waals surface area contributed by atoms with E-state index in [-0.39, 0.29) is 5.97 Å². The number of fused-ring (bicyclic) bond motifs is 1. The van der Waals surface area contributed by atoms with Gasteiger partial charge < -0.3 is 15.4 Å². The number of aromatic nitrogens is 2. The van der Waals surface area contributed by atoms with Crippen LogP contribution >= 0.6 is 23.6 Å². The van der Waals surface area contributed by atoms with Crippen LogP contribution in [0.2, 0.25) is 0 Å². The predicted octanol–water partition coefficient (Wildman–Crippen LogP) is 3.12. The number of nitrogens with zero attached hydrogens (tertiary/aromatic N) is 2. The van der Waals surface area contributed by atoms with Gasteiger partial charge in [0.15, 0.2) is 5.11 Å². The van der Waals surface area contributed by atoms with Crippen LogP contribution in [0.5, 0.6) is 0 Å². The minimum absolute atomic E-state index is 0.297. The minimum Gasteiger partial charge on any atom is -0.465 e. The highest BCUT2D eigenvalue weighted by Crippen LogP contribution is 2.38. The fourth-order valence-electron chi connectivity index (χ4n) is 3.09. The molecule has 0 aromatic carbocycles. The number of nitrogens with one attached hydrogen (secondary N) is 2. The first-order valence-electron chi connectivity index (χ1n) is 8.42. The Labute approximate surface area is 156 Å². The summed E-state index contributed by atoms with van der Waals surface area (Å²) in [7, 11) is 1.42. The van der Waals surface area contributed by atoms with E-state index < -0.39 is 0 Å². The van der Waals surface area contributed by atoms with Gasteiger partial charge in [-0.1, -0.05) is 0 Å². The van der Waals surface area contributed by atoms with E-state index in [9.17, 15) is 4.79 Å². The molecular weight excluding hydrogens is 356 g/mol. The lowest BCUT2D eigenvalue weighted by atomic mass is 9.95. The molecule has 1 aliphatic carbocycles. The number of hydrogen-bond donors (Lipinski definition) is 2. The number of esters is 1. The normalized spacial score (nSPS) is 13.2. The average Bonchev–Trinajstić information content (AvgIpc) is 3.22.